The van der Waals surface area contributed by atoms with Gasteiger partial charge in [-0.05, 0) is 54.7 Å². The average molecular weight is 348 g/mol. The van der Waals surface area contributed by atoms with E-state index in [9.17, 15) is 0 Å². The molecule has 0 amide bonds. The topological polar surface area (TPSA) is 27.1 Å². The summed E-state index contributed by atoms with van der Waals surface area (Å²) >= 11 is 2.43. The molecule has 1 atom stereocenters. The lowest BCUT2D eigenvalue weighted by Crippen LogP contribution is -2.25. The van der Waals surface area contributed by atoms with Crippen LogP contribution in [0.15, 0.2) is 0 Å². The predicted molar refractivity (Wildman–Crippen MR) is 77.3 cm³/mol. The minimum atomic E-state index is 0.370. The van der Waals surface area contributed by atoms with Crippen LogP contribution in [0.3, 0.4) is 0 Å². The fourth-order valence-corrected chi connectivity index (χ4v) is 3.54. The van der Waals surface area contributed by atoms with E-state index in [0.29, 0.717) is 6.10 Å². The molecule has 1 aromatic heterocycles. The van der Waals surface area contributed by atoms with Crippen molar-refractivity contribution in [1.82, 2.24) is 9.78 Å². The van der Waals surface area contributed by atoms with E-state index in [2.05, 4.69) is 41.1 Å². The largest absolute Gasteiger partial charge is 0.376 e. The molecule has 1 aliphatic rings. The zero-order valence-electron chi connectivity index (χ0n) is 10.7. The highest BCUT2D eigenvalue weighted by atomic mass is 127. The summed E-state index contributed by atoms with van der Waals surface area (Å²) < 4.78 is 9.33. The van der Waals surface area contributed by atoms with Gasteiger partial charge in [-0.15, -0.1) is 0 Å². The lowest BCUT2D eigenvalue weighted by molar-refractivity contribution is 0.00348. The van der Waals surface area contributed by atoms with Gasteiger partial charge in [0.1, 0.15) is 0 Å². The number of hydrogen-bond acceptors (Lipinski definition) is 2. The highest BCUT2D eigenvalue weighted by molar-refractivity contribution is 14.1. The molecule has 0 spiro atoms. The molecule has 96 valence electrons. The van der Waals surface area contributed by atoms with Gasteiger partial charge in [0.2, 0.25) is 0 Å². The monoisotopic (exact) mass is 348 g/mol. The fourth-order valence-electron chi connectivity index (χ4n) is 2.39. The van der Waals surface area contributed by atoms with Crippen LogP contribution >= 0.6 is 22.6 Å². The average Bonchev–Trinajstić information content (AvgIpc) is 2.66. The van der Waals surface area contributed by atoms with Gasteiger partial charge in [0.15, 0.2) is 0 Å². The summed E-state index contributed by atoms with van der Waals surface area (Å²) in [6.07, 6.45) is 6.14. The van der Waals surface area contributed by atoms with Crippen molar-refractivity contribution in [1.29, 1.82) is 0 Å². The molecule has 2 rings (SSSR count). The number of aromatic nitrogens is 2. The van der Waals surface area contributed by atoms with Gasteiger partial charge in [0.05, 0.1) is 27.6 Å². The van der Waals surface area contributed by atoms with Crippen molar-refractivity contribution in [3.8, 4) is 0 Å². The first-order valence-electron chi connectivity index (χ1n) is 6.61. The maximum Gasteiger partial charge on any atom is 0.0771 e. The molecule has 4 heteroatoms. The number of ether oxygens (including phenoxy) is 1. The Labute approximate surface area is 117 Å². The van der Waals surface area contributed by atoms with E-state index in [1.807, 2.05) is 0 Å². The van der Waals surface area contributed by atoms with E-state index in [0.717, 1.165) is 26.0 Å². The molecule has 0 radical (unpaired) electrons. The second-order valence-corrected chi connectivity index (χ2v) is 5.66. The summed E-state index contributed by atoms with van der Waals surface area (Å²) in [4.78, 5) is 0. The summed E-state index contributed by atoms with van der Waals surface area (Å²) in [5.74, 6) is 0. The summed E-state index contributed by atoms with van der Waals surface area (Å²) in [5, 5.41) is 4.72. The smallest absolute Gasteiger partial charge is 0.0771 e. The second-order valence-electron chi connectivity index (χ2n) is 4.59. The van der Waals surface area contributed by atoms with Crippen LogP contribution in [-0.4, -0.2) is 22.5 Å². The number of halogens is 1. The number of hydrogen-bond donors (Lipinski definition) is 0. The molecule has 1 aliphatic heterocycles. The van der Waals surface area contributed by atoms with Crippen molar-refractivity contribution in [2.24, 2.45) is 0 Å². The quantitative estimate of drug-likeness (QED) is 0.782. The van der Waals surface area contributed by atoms with E-state index in [-0.39, 0.29) is 0 Å². The number of aryl methyl sites for hydroxylation is 1. The second kappa shape index (κ2) is 6.18. The molecule has 0 bridgehead atoms. The molecule has 3 nitrogen and oxygen atoms in total. The van der Waals surface area contributed by atoms with Gasteiger partial charge in [-0.1, -0.05) is 13.8 Å². The van der Waals surface area contributed by atoms with E-state index >= 15 is 0 Å². The third-order valence-corrected chi connectivity index (χ3v) is 4.63. The zero-order chi connectivity index (χ0) is 12.3. The Hall–Kier alpha value is -0.100. The minimum absolute atomic E-state index is 0.370. The minimum Gasteiger partial charge on any atom is -0.376 e. The third-order valence-electron chi connectivity index (χ3n) is 3.38. The van der Waals surface area contributed by atoms with Crippen molar-refractivity contribution in [2.45, 2.75) is 58.6 Å². The number of rotatable bonds is 4. The van der Waals surface area contributed by atoms with E-state index < -0.39 is 0 Å². The molecule has 1 fully saturated rings. The maximum absolute atomic E-state index is 5.80. The lowest BCUT2D eigenvalue weighted by Gasteiger charge is -2.23. The van der Waals surface area contributed by atoms with Crippen LogP contribution in [0.5, 0.6) is 0 Å². The van der Waals surface area contributed by atoms with Crippen molar-refractivity contribution < 1.29 is 4.74 Å². The molecular formula is C13H21IN2O. The number of nitrogens with zero attached hydrogens (tertiary/aromatic N) is 2. The predicted octanol–water partition coefficient (Wildman–Crippen LogP) is 3.18. The molecule has 1 aromatic rings. The molecule has 1 saturated heterocycles. The fraction of sp³-hybridized carbons (Fsp3) is 0.769. The maximum atomic E-state index is 5.80. The first-order valence-corrected chi connectivity index (χ1v) is 7.69. The Balaban J connectivity index is 2.13. The van der Waals surface area contributed by atoms with Crippen LogP contribution in [0, 0.1) is 3.57 Å². The van der Waals surface area contributed by atoms with Gasteiger partial charge in [-0.25, -0.2) is 0 Å². The standard InChI is InChI=1S/C13H21IN2O/c1-3-11-13(14)12(4-2)16(15-11)9-10-7-5-6-8-17-10/h10H,3-9H2,1-2H3. The van der Waals surface area contributed by atoms with Gasteiger partial charge in [0, 0.05) is 6.61 Å². The van der Waals surface area contributed by atoms with Crippen molar-refractivity contribution in [2.75, 3.05) is 6.61 Å². The van der Waals surface area contributed by atoms with Gasteiger partial charge < -0.3 is 4.74 Å². The zero-order valence-corrected chi connectivity index (χ0v) is 12.9. The van der Waals surface area contributed by atoms with Gasteiger partial charge in [-0.3, -0.25) is 4.68 Å². The molecule has 2 heterocycles. The summed E-state index contributed by atoms with van der Waals surface area (Å²) in [7, 11) is 0. The molecular weight excluding hydrogens is 327 g/mol. The van der Waals surface area contributed by atoms with Gasteiger partial charge in [0.25, 0.3) is 0 Å². The third kappa shape index (κ3) is 3.02. The summed E-state index contributed by atoms with van der Waals surface area (Å²) in [5.41, 5.74) is 2.61. The van der Waals surface area contributed by atoms with Gasteiger partial charge >= 0.3 is 0 Å². The highest BCUT2D eigenvalue weighted by Gasteiger charge is 2.19. The molecule has 1 unspecified atom stereocenters. The van der Waals surface area contributed by atoms with Crippen LogP contribution < -0.4 is 0 Å². The Morgan fingerprint density at radius 1 is 1.35 bits per heavy atom. The van der Waals surface area contributed by atoms with E-state index in [4.69, 9.17) is 9.84 Å². The molecule has 0 N–H and O–H groups in total. The normalized spacial score (nSPS) is 20.8. The molecule has 0 aromatic carbocycles. The van der Waals surface area contributed by atoms with Crippen molar-refractivity contribution >= 4 is 22.6 Å². The Kier molecular flexibility index (Phi) is 4.85. The van der Waals surface area contributed by atoms with E-state index in [1.54, 1.807) is 0 Å². The molecule has 0 aliphatic carbocycles. The van der Waals surface area contributed by atoms with E-state index in [1.165, 1.54) is 34.2 Å². The van der Waals surface area contributed by atoms with Crippen LogP contribution in [0.1, 0.15) is 44.5 Å². The molecule has 17 heavy (non-hydrogen) atoms. The summed E-state index contributed by atoms with van der Waals surface area (Å²) in [6, 6.07) is 0. The van der Waals surface area contributed by atoms with Crippen LogP contribution in [0.4, 0.5) is 0 Å². The van der Waals surface area contributed by atoms with Crippen LogP contribution in [-0.2, 0) is 24.1 Å². The first-order chi connectivity index (χ1) is 8.26. The Morgan fingerprint density at radius 3 is 2.76 bits per heavy atom. The SMILES string of the molecule is CCc1nn(CC2CCCCO2)c(CC)c1I. The molecule has 0 saturated carbocycles. The van der Waals surface area contributed by atoms with Crippen LogP contribution in [0.25, 0.3) is 0 Å². The van der Waals surface area contributed by atoms with Gasteiger partial charge in [-0.2, -0.15) is 5.10 Å². The van der Waals surface area contributed by atoms with Crippen LogP contribution in [0.2, 0.25) is 0 Å². The summed E-state index contributed by atoms with van der Waals surface area (Å²) in [6.45, 7) is 6.23. The Bertz CT molecular complexity index is 370. The van der Waals surface area contributed by atoms with Crippen molar-refractivity contribution in [3.63, 3.8) is 0 Å². The Morgan fingerprint density at radius 2 is 2.18 bits per heavy atom. The first kappa shape index (κ1) is 13.3. The lowest BCUT2D eigenvalue weighted by atomic mass is 10.1. The highest BCUT2D eigenvalue weighted by Crippen LogP contribution is 2.21. The van der Waals surface area contributed by atoms with Crippen molar-refractivity contribution in [3.05, 3.63) is 15.0 Å².